The molecule has 2 bridgehead atoms. The van der Waals surface area contributed by atoms with Gasteiger partial charge in [0.1, 0.15) is 24.4 Å². The zero-order valence-corrected chi connectivity index (χ0v) is 8.10. The lowest BCUT2D eigenvalue weighted by atomic mass is 9.97. The molecule has 5 atom stereocenters. The van der Waals surface area contributed by atoms with Gasteiger partial charge >= 0.3 is 0 Å². The summed E-state index contributed by atoms with van der Waals surface area (Å²) >= 11 is 0. The minimum Gasteiger partial charge on any atom is -0.367 e. The highest BCUT2D eigenvalue weighted by molar-refractivity contribution is 5.00. The van der Waals surface area contributed by atoms with Gasteiger partial charge in [-0.3, -0.25) is 0 Å². The zero-order chi connectivity index (χ0) is 9.92. The van der Waals surface area contributed by atoms with Gasteiger partial charge in [0, 0.05) is 0 Å². The van der Waals surface area contributed by atoms with Crippen LogP contribution in [0.2, 0.25) is 0 Å². The van der Waals surface area contributed by atoms with Crippen LogP contribution in [-0.4, -0.2) is 43.2 Å². The van der Waals surface area contributed by atoms with Crippen molar-refractivity contribution in [3.8, 4) is 0 Å². The Morgan fingerprint density at radius 3 is 2.57 bits per heavy atom. The summed E-state index contributed by atoms with van der Waals surface area (Å²) in [5.74, 6) is -0.660. The van der Waals surface area contributed by atoms with Crippen LogP contribution in [0.4, 0.5) is 4.39 Å². The van der Waals surface area contributed by atoms with Crippen molar-refractivity contribution >= 4 is 0 Å². The van der Waals surface area contributed by atoms with Gasteiger partial charge in [-0.15, -0.1) is 0 Å². The molecule has 14 heavy (non-hydrogen) atoms. The Morgan fingerprint density at radius 2 is 1.86 bits per heavy atom. The van der Waals surface area contributed by atoms with E-state index in [1.54, 1.807) is 0 Å². The van der Waals surface area contributed by atoms with Gasteiger partial charge in [-0.05, 0) is 13.8 Å². The summed E-state index contributed by atoms with van der Waals surface area (Å²) in [7, 11) is 0. The maximum atomic E-state index is 13.3. The maximum absolute atomic E-state index is 13.3. The van der Waals surface area contributed by atoms with Crippen molar-refractivity contribution in [1.82, 2.24) is 0 Å². The summed E-state index contributed by atoms with van der Waals surface area (Å²) in [5.41, 5.74) is 0. The average molecular weight is 204 g/mol. The van der Waals surface area contributed by atoms with Crippen LogP contribution in [0.1, 0.15) is 13.8 Å². The van der Waals surface area contributed by atoms with Crippen molar-refractivity contribution < 1.29 is 23.3 Å². The average Bonchev–Trinajstić information content (AvgIpc) is 2.41. The summed E-state index contributed by atoms with van der Waals surface area (Å²) in [6, 6.07) is 0. The predicted molar refractivity (Wildman–Crippen MR) is 43.3 cm³/mol. The van der Waals surface area contributed by atoms with Crippen LogP contribution >= 0.6 is 0 Å². The van der Waals surface area contributed by atoms with Gasteiger partial charge in [0.05, 0.1) is 6.61 Å². The fraction of sp³-hybridized carbons (Fsp3) is 1.00. The standard InChI is InChI=1S/C9H13FO4/c1-9(2)13-5-4-3-11-7(6(5)14-9)8(10)12-4/h4-8H,3H2,1-2H3/t4-,5+,6+,7+,8?/m1/s1. The highest BCUT2D eigenvalue weighted by Gasteiger charge is 2.59. The molecule has 0 saturated carbocycles. The monoisotopic (exact) mass is 204 g/mol. The first kappa shape index (κ1) is 9.03. The van der Waals surface area contributed by atoms with Crippen LogP contribution in [0.15, 0.2) is 0 Å². The molecule has 0 radical (unpaired) electrons. The molecule has 4 aliphatic heterocycles. The summed E-state index contributed by atoms with van der Waals surface area (Å²) in [5, 5.41) is 0. The Balaban J connectivity index is 1.88. The van der Waals surface area contributed by atoms with Crippen LogP contribution in [-0.2, 0) is 18.9 Å². The van der Waals surface area contributed by atoms with Gasteiger partial charge in [0.15, 0.2) is 5.79 Å². The number of rotatable bonds is 0. The molecule has 0 aliphatic carbocycles. The van der Waals surface area contributed by atoms with Gasteiger partial charge in [-0.25, -0.2) is 4.39 Å². The molecule has 0 aromatic heterocycles. The number of halogens is 1. The van der Waals surface area contributed by atoms with Crippen molar-refractivity contribution in [3.63, 3.8) is 0 Å². The molecule has 0 aromatic carbocycles. The summed E-state index contributed by atoms with van der Waals surface area (Å²) in [4.78, 5) is 0. The zero-order valence-electron chi connectivity index (χ0n) is 8.10. The second-order valence-corrected chi connectivity index (χ2v) is 4.39. The molecule has 0 amide bonds. The molecule has 5 heteroatoms. The van der Waals surface area contributed by atoms with E-state index in [2.05, 4.69) is 0 Å². The van der Waals surface area contributed by atoms with Crippen LogP contribution in [0.5, 0.6) is 0 Å². The summed E-state index contributed by atoms with van der Waals surface area (Å²) in [6.45, 7) is 4.03. The maximum Gasteiger partial charge on any atom is 0.228 e. The molecule has 0 aromatic rings. The molecule has 4 nitrogen and oxygen atoms in total. The molecule has 4 heterocycles. The van der Waals surface area contributed by atoms with Crippen molar-refractivity contribution in [3.05, 3.63) is 0 Å². The highest BCUT2D eigenvalue weighted by atomic mass is 19.1. The largest absolute Gasteiger partial charge is 0.367 e. The Kier molecular flexibility index (Phi) is 1.72. The van der Waals surface area contributed by atoms with Crippen molar-refractivity contribution in [1.29, 1.82) is 0 Å². The van der Waals surface area contributed by atoms with E-state index in [1.165, 1.54) is 0 Å². The topological polar surface area (TPSA) is 36.9 Å². The molecule has 4 aliphatic rings. The summed E-state index contributed by atoms with van der Waals surface area (Å²) < 4.78 is 34.9. The molecule has 0 spiro atoms. The van der Waals surface area contributed by atoms with Gasteiger partial charge in [0.25, 0.3) is 0 Å². The second-order valence-electron chi connectivity index (χ2n) is 4.39. The van der Waals surface area contributed by atoms with Crippen LogP contribution < -0.4 is 0 Å². The molecule has 4 saturated heterocycles. The number of alkyl halides is 1. The fourth-order valence-electron chi connectivity index (χ4n) is 2.34. The van der Waals surface area contributed by atoms with Crippen molar-refractivity contribution in [2.45, 2.75) is 50.4 Å². The van der Waals surface area contributed by atoms with E-state index in [0.29, 0.717) is 6.61 Å². The molecule has 80 valence electrons. The van der Waals surface area contributed by atoms with E-state index < -0.39 is 18.2 Å². The van der Waals surface area contributed by atoms with Crippen LogP contribution in [0, 0.1) is 0 Å². The van der Waals surface area contributed by atoms with E-state index in [-0.39, 0.29) is 18.3 Å². The number of fused-ring (bicyclic) bond motifs is 2. The number of ether oxygens (including phenoxy) is 4. The molecule has 4 fully saturated rings. The van der Waals surface area contributed by atoms with E-state index in [4.69, 9.17) is 18.9 Å². The van der Waals surface area contributed by atoms with Crippen molar-refractivity contribution in [2.24, 2.45) is 0 Å². The van der Waals surface area contributed by atoms with Gasteiger partial charge in [-0.2, -0.15) is 0 Å². The Morgan fingerprint density at radius 1 is 1.14 bits per heavy atom. The quantitative estimate of drug-likeness (QED) is 0.579. The van der Waals surface area contributed by atoms with Crippen LogP contribution in [0.3, 0.4) is 0 Å². The SMILES string of the molecule is CC1(C)O[C@@H]2[C@H](O1)[C@@H]1OC[C@H]2OC1F. The molecular formula is C9H13FO4. The lowest BCUT2D eigenvalue weighted by molar-refractivity contribution is -0.303. The molecule has 1 unspecified atom stereocenters. The molecule has 4 rings (SSSR count). The minimum absolute atomic E-state index is 0.184. The summed E-state index contributed by atoms with van der Waals surface area (Å²) in [6.07, 6.45) is -2.86. The lowest BCUT2D eigenvalue weighted by Gasteiger charge is -2.44. The van der Waals surface area contributed by atoms with E-state index >= 15 is 0 Å². The first-order chi connectivity index (χ1) is 6.57. The fourth-order valence-corrected chi connectivity index (χ4v) is 2.34. The normalized spacial score (nSPS) is 54.6. The van der Waals surface area contributed by atoms with Gasteiger partial charge < -0.3 is 18.9 Å². The number of hydrogen-bond acceptors (Lipinski definition) is 4. The Bertz CT molecular complexity index is 257. The first-order valence-electron chi connectivity index (χ1n) is 4.84. The van der Waals surface area contributed by atoms with E-state index in [1.807, 2.05) is 13.8 Å². The van der Waals surface area contributed by atoms with Gasteiger partial charge in [-0.1, -0.05) is 0 Å². The smallest absolute Gasteiger partial charge is 0.228 e. The molecule has 0 N–H and O–H groups in total. The predicted octanol–water partition coefficient (Wildman–Crippen LogP) is 0.600. The van der Waals surface area contributed by atoms with E-state index in [0.717, 1.165) is 0 Å². The minimum atomic E-state index is -1.38. The highest BCUT2D eigenvalue weighted by Crippen LogP contribution is 2.41. The molecular weight excluding hydrogens is 191 g/mol. The first-order valence-corrected chi connectivity index (χ1v) is 4.84. The van der Waals surface area contributed by atoms with E-state index in [9.17, 15) is 4.39 Å². The van der Waals surface area contributed by atoms with Gasteiger partial charge in [0.2, 0.25) is 6.36 Å². The second kappa shape index (κ2) is 2.66. The third kappa shape index (κ3) is 1.13. The third-order valence-corrected chi connectivity index (χ3v) is 2.87. The Labute approximate surface area is 81.3 Å². The lowest BCUT2D eigenvalue weighted by Crippen LogP contribution is -2.62. The third-order valence-electron chi connectivity index (χ3n) is 2.87. The Hall–Kier alpha value is -0.230. The number of hydrogen-bond donors (Lipinski definition) is 0. The van der Waals surface area contributed by atoms with Crippen molar-refractivity contribution in [2.75, 3.05) is 6.61 Å². The van der Waals surface area contributed by atoms with Crippen LogP contribution in [0.25, 0.3) is 0 Å².